The van der Waals surface area contributed by atoms with Gasteiger partial charge in [-0.15, -0.1) is 0 Å². The molecule has 0 radical (unpaired) electrons. The second kappa shape index (κ2) is 4.35. The van der Waals surface area contributed by atoms with Crippen molar-refractivity contribution in [1.82, 2.24) is 14.7 Å². The first-order valence-electron chi connectivity index (χ1n) is 7.81. The van der Waals surface area contributed by atoms with Crippen molar-refractivity contribution >= 4 is 6.03 Å². The van der Waals surface area contributed by atoms with E-state index in [9.17, 15) is 4.79 Å². The summed E-state index contributed by atoms with van der Waals surface area (Å²) in [6, 6.07) is 2.06. The summed E-state index contributed by atoms with van der Waals surface area (Å²) in [5.74, 6) is 0. The van der Waals surface area contributed by atoms with Crippen molar-refractivity contribution in [2.75, 3.05) is 26.2 Å². The summed E-state index contributed by atoms with van der Waals surface area (Å²) < 4.78 is 0. The normalized spacial score (nSPS) is 37.2. The zero-order valence-electron chi connectivity index (χ0n) is 11.5. The van der Waals surface area contributed by atoms with Gasteiger partial charge in [0.1, 0.15) is 0 Å². The van der Waals surface area contributed by atoms with E-state index in [4.69, 9.17) is 5.73 Å². The number of fused-ring (bicyclic) bond motifs is 1. The molecule has 5 nitrogen and oxygen atoms in total. The molecule has 2 atom stereocenters. The molecule has 19 heavy (non-hydrogen) atoms. The van der Waals surface area contributed by atoms with Gasteiger partial charge >= 0.3 is 6.03 Å². The molecule has 4 rings (SSSR count). The predicted octanol–water partition coefficient (Wildman–Crippen LogP) is 0.450. The number of carbonyl (C=O) groups is 1. The first kappa shape index (κ1) is 12.0. The zero-order chi connectivity index (χ0) is 13.0. The Morgan fingerprint density at radius 1 is 0.895 bits per heavy atom. The largest absolute Gasteiger partial charge is 0.326 e. The van der Waals surface area contributed by atoms with Crippen molar-refractivity contribution in [2.24, 2.45) is 5.73 Å². The molecule has 0 spiro atoms. The molecule has 2 N–H and O–H groups in total. The van der Waals surface area contributed by atoms with Crippen molar-refractivity contribution in [1.29, 1.82) is 0 Å². The maximum atomic E-state index is 12.4. The van der Waals surface area contributed by atoms with E-state index in [2.05, 4.69) is 9.80 Å². The molecular formula is C14H24N4O. The van der Waals surface area contributed by atoms with Crippen LogP contribution in [-0.4, -0.2) is 71.1 Å². The van der Waals surface area contributed by atoms with E-state index in [0.29, 0.717) is 6.04 Å². The van der Waals surface area contributed by atoms with E-state index in [1.807, 2.05) is 4.90 Å². The second-order valence-corrected chi connectivity index (χ2v) is 6.65. The number of hydrogen-bond acceptors (Lipinski definition) is 3. The van der Waals surface area contributed by atoms with E-state index >= 15 is 0 Å². The number of piperidine rings is 1. The molecule has 5 heteroatoms. The monoisotopic (exact) mass is 264 g/mol. The fourth-order valence-electron chi connectivity index (χ4n) is 4.10. The lowest BCUT2D eigenvalue weighted by atomic mass is 10.0. The van der Waals surface area contributed by atoms with Crippen LogP contribution in [0.25, 0.3) is 0 Å². The summed E-state index contributed by atoms with van der Waals surface area (Å²) >= 11 is 0. The molecule has 3 heterocycles. The maximum absolute atomic E-state index is 12.4. The number of rotatable bonds is 2. The molecule has 106 valence electrons. The summed E-state index contributed by atoms with van der Waals surface area (Å²) in [4.78, 5) is 19.2. The molecule has 4 aliphatic rings. The molecule has 2 amide bonds. The molecular weight excluding hydrogens is 240 g/mol. The molecule has 0 aromatic rings. The van der Waals surface area contributed by atoms with Crippen LogP contribution < -0.4 is 5.73 Å². The number of likely N-dealkylation sites (tertiary alicyclic amines) is 1. The third-order valence-corrected chi connectivity index (χ3v) is 5.48. The molecule has 1 aliphatic carbocycles. The Labute approximate surface area is 114 Å². The van der Waals surface area contributed by atoms with Gasteiger partial charge < -0.3 is 20.4 Å². The van der Waals surface area contributed by atoms with Crippen LogP contribution in [0.1, 0.15) is 32.1 Å². The highest BCUT2D eigenvalue weighted by molar-refractivity contribution is 5.78. The third-order valence-electron chi connectivity index (χ3n) is 5.48. The Bertz CT molecular complexity index is 376. The molecule has 0 aromatic heterocycles. The summed E-state index contributed by atoms with van der Waals surface area (Å²) in [6.45, 7) is 4.09. The Morgan fingerprint density at radius 2 is 1.63 bits per heavy atom. The van der Waals surface area contributed by atoms with Gasteiger partial charge in [0.2, 0.25) is 0 Å². The summed E-state index contributed by atoms with van der Waals surface area (Å²) in [7, 11) is 0. The van der Waals surface area contributed by atoms with Gasteiger partial charge in [-0.1, -0.05) is 0 Å². The first-order valence-corrected chi connectivity index (χ1v) is 7.81. The van der Waals surface area contributed by atoms with Gasteiger partial charge in [0, 0.05) is 44.3 Å². The number of hydrogen-bond donors (Lipinski definition) is 1. The highest BCUT2D eigenvalue weighted by Crippen LogP contribution is 2.33. The number of nitrogens with two attached hydrogens (primary N) is 1. The van der Waals surface area contributed by atoms with Gasteiger partial charge in [-0.25, -0.2) is 4.79 Å². The fourth-order valence-corrected chi connectivity index (χ4v) is 4.10. The second-order valence-electron chi connectivity index (χ2n) is 6.65. The van der Waals surface area contributed by atoms with Crippen molar-refractivity contribution < 1.29 is 4.79 Å². The van der Waals surface area contributed by atoms with E-state index in [1.54, 1.807) is 0 Å². The van der Waals surface area contributed by atoms with Gasteiger partial charge in [0.05, 0.1) is 6.04 Å². The quantitative estimate of drug-likeness (QED) is 0.788. The SMILES string of the molecule is N[C@@H]1CCN2C(=O)N(C3CCN(C4CC4)CC3)C[C@H]12. The number of urea groups is 1. The van der Waals surface area contributed by atoms with Crippen LogP contribution in [0.2, 0.25) is 0 Å². The van der Waals surface area contributed by atoms with Gasteiger partial charge in [0.25, 0.3) is 0 Å². The summed E-state index contributed by atoms with van der Waals surface area (Å²) in [5, 5.41) is 0. The predicted molar refractivity (Wildman–Crippen MR) is 72.8 cm³/mol. The minimum Gasteiger partial charge on any atom is -0.326 e. The fraction of sp³-hybridized carbons (Fsp3) is 0.929. The van der Waals surface area contributed by atoms with E-state index in [-0.39, 0.29) is 18.1 Å². The average Bonchev–Trinajstić information content (AvgIpc) is 3.14. The topological polar surface area (TPSA) is 52.8 Å². The lowest BCUT2D eigenvalue weighted by Crippen LogP contribution is -2.47. The Balaban J connectivity index is 1.39. The third kappa shape index (κ3) is 1.94. The molecule has 3 aliphatic heterocycles. The van der Waals surface area contributed by atoms with Crippen LogP contribution in [0, 0.1) is 0 Å². The van der Waals surface area contributed by atoms with Crippen molar-refractivity contribution in [3.05, 3.63) is 0 Å². The molecule has 0 aromatic carbocycles. The van der Waals surface area contributed by atoms with Gasteiger partial charge in [-0.05, 0) is 32.1 Å². The molecule has 0 unspecified atom stereocenters. The number of carbonyl (C=O) groups excluding carboxylic acids is 1. The van der Waals surface area contributed by atoms with Crippen LogP contribution in [-0.2, 0) is 0 Å². The Kier molecular flexibility index (Phi) is 2.74. The van der Waals surface area contributed by atoms with E-state index in [1.165, 1.54) is 25.9 Å². The molecule has 1 saturated carbocycles. The summed E-state index contributed by atoms with van der Waals surface area (Å²) in [5.41, 5.74) is 6.12. The lowest BCUT2D eigenvalue weighted by molar-refractivity contribution is 0.125. The van der Waals surface area contributed by atoms with Crippen LogP contribution in [0.4, 0.5) is 4.79 Å². The van der Waals surface area contributed by atoms with Crippen LogP contribution in [0.3, 0.4) is 0 Å². The molecule has 4 fully saturated rings. The zero-order valence-corrected chi connectivity index (χ0v) is 11.5. The number of amides is 2. The van der Waals surface area contributed by atoms with E-state index in [0.717, 1.165) is 38.4 Å². The smallest absolute Gasteiger partial charge is 0.320 e. The molecule has 3 saturated heterocycles. The van der Waals surface area contributed by atoms with Crippen molar-refractivity contribution in [3.8, 4) is 0 Å². The van der Waals surface area contributed by atoms with Crippen LogP contribution in [0.15, 0.2) is 0 Å². The van der Waals surface area contributed by atoms with Gasteiger partial charge in [0.15, 0.2) is 0 Å². The maximum Gasteiger partial charge on any atom is 0.320 e. The van der Waals surface area contributed by atoms with Gasteiger partial charge in [-0.3, -0.25) is 0 Å². The van der Waals surface area contributed by atoms with Crippen molar-refractivity contribution in [2.45, 2.75) is 56.3 Å². The molecule has 0 bridgehead atoms. The van der Waals surface area contributed by atoms with E-state index < -0.39 is 0 Å². The summed E-state index contributed by atoms with van der Waals surface area (Å²) in [6.07, 6.45) is 6.05. The Hall–Kier alpha value is -0.810. The lowest BCUT2D eigenvalue weighted by Gasteiger charge is -2.36. The highest BCUT2D eigenvalue weighted by atomic mass is 16.2. The first-order chi connectivity index (χ1) is 9.24. The van der Waals surface area contributed by atoms with Gasteiger partial charge in [-0.2, -0.15) is 0 Å². The standard InChI is InChI=1S/C14H24N4O/c15-12-5-8-17-13(12)9-18(14(17)19)11-3-6-16(7-4-11)10-1-2-10/h10-13H,1-9,15H2/t12-,13-/m1/s1. The van der Waals surface area contributed by atoms with Crippen molar-refractivity contribution in [3.63, 3.8) is 0 Å². The van der Waals surface area contributed by atoms with Crippen LogP contribution >= 0.6 is 0 Å². The number of nitrogens with zero attached hydrogens (tertiary/aromatic N) is 3. The van der Waals surface area contributed by atoms with Crippen LogP contribution in [0.5, 0.6) is 0 Å². The minimum absolute atomic E-state index is 0.195. The minimum atomic E-state index is 0.195. The Morgan fingerprint density at radius 3 is 2.26 bits per heavy atom. The highest BCUT2D eigenvalue weighted by Gasteiger charge is 2.47. The average molecular weight is 264 g/mol.